The molecule has 1 aromatic carbocycles. The maximum atomic E-state index is 5.17. The Labute approximate surface area is 135 Å². The van der Waals surface area contributed by atoms with Crippen molar-refractivity contribution in [1.29, 1.82) is 0 Å². The molecule has 118 valence electrons. The highest BCUT2D eigenvalue weighted by Crippen LogP contribution is 2.17. The second-order valence-electron chi connectivity index (χ2n) is 5.12. The van der Waals surface area contributed by atoms with Crippen LogP contribution in [0.1, 0.15) is 32.4 Å². The summed E-state index contributed by atoms with van der Waals surface area (Å²) in [6, 6.07) is 7.72. The Morgan fingerprint density at radius 2 is 1.91 bits per heavy atom. The molecule has 2 aromatic rings. The molecule has 0 bridgehead atoms. The van der Waals surface area contributed by atoms with Gasteiger partial charge in [-0.25, -0.2) is 9.67 Å². The summed E-state index contributed by atoms with van der Waals surface area (Å²) in [5.74, 6) is 1.35. The molecule has 0 aliphatic carbocycles. The molecule has 0 saturated heterocycles. The second-order valence-corrected chi connectivity index (χ2v) is 5.96. The van der Waals surface area contributed by atoms with Crippen molar-refractivity contribution in [3.63, 3.8) is 0 Å². The first-order valence-corrected chi connectivity index (χ1v) is 8.46. The molecule has 0 unspecified atom stereocenters. The van der Waals surface area contributed by atoms with E-state index >= 15 is 0 Å². The fourth-order valence-corrected chi connectivity index (χ4v) is 2.86. The van der Waals surface area contributed by atoms with Crippen LogP contribution in [0.5, 0.6) is 5.75 Å². The molecule has 1 heterocycles. The summed E-state index contributed by atoms with van der Waals surface area (Å²) >= 11 is 1.60. The molecule has 22 heavy (non-hydrogen) atoms. The molecule has 0 radical (unpaired) electrons. The molecular formula is C17H23N3OS. The number of aromatic nitrogens is 1. The minimum Gasteiger partial charge on any atom is -0.497 e. The predicted octanol–water partition coefficient (Wildman–Crippen LogP) is 4.37. The third kappa shape index (κ3) is 4.07. The fraction of sp³-hybridized carbons (Fsp3) is 0.412. The summed E-state index contributed by atoms with van der Waals surface area (Å²) in [4.78, 5) is 5.56. The molecule has 0 spiro atoms. The van der Waals surface area contributed by atoms with Gasteiger partial charge in [-0.15, -0.1) is 11.3 Å². The summed E-state index contributed by atoms with van der Waals surface area (Å²) in [6.45, 7) is 6.43. The molecule has 0 saturated carbocycles. The number of rotatable bonds is 6. The smallest absolute Gasteiger partial charge is 0.211 e. The summed E-state index contributed by atoms with van der Waals surface area (Å²) in [6.07, 6.45) is 4.25. The largest absolute Gasteiger partial charge is 0.497 e. The first-order chi connectivity index (χ1) is 10.7. The van der Waals surface area contributed by atoms with Crippen molar-refractivity contribution < 1.29 is 4.74 Å². The average molecular weight is 317 g/mol. The van der Waals surface area contributed by atoms with Gasteiger partial charge in [-0.2, -0.15) is 5.10 Å². The van der Waals surface area contributed by atoms with Crippen LogP contribution in [0, 0.1) is 12.8 Å². The van der Waals surface area contributed by atoms with Crippen molar-refractivity contribution in [3.8, 4) is 5.75 Å². The summed E-state index contributed by atoms with van der Waals surface area (Å²) in [5, 5.41) is 6.70. The van der Waals surface area contributed by atoms with E-state index in [1.54, 1.807) is 18.4 Å². The van der Waals surface area contributed by atoms with Gasteiger partial charge in [-0.3, -0.25) is 0 Å². The molecule has 0 N–H and O–H groups in total. The van der Waals surface area contributed by atoms with Crippen molar-refractivity contribution in [2.45, 2.75) is 33.6 Å². The number of hydrogen-bond acceptors (Lipinski definition) is 4. The van der Waals surface area contributed by atoms with Crippen LogP contribution in [-0.4, -0.2) is 18.0 Å². The number of ether oxygens (including phenoxy) is 1. The van der Waals surface area contributed by atoms with Crippen molar-refractivity contribution in [1.82, 2.24) is 4.68 Å². The van der Waals surface area contributed by atoms with Crippen molar-refractivity contribution in [2.24, 2.45) is 16.0 Å². The lowest BCUT2D eigenvalue weighted by atomic mass is 10.1. The summed E-state index contributed by atoms with van der Waals surface area (Å²) in [7, 11) is 1.66. The SMILES string of the molecule is CCC(C=Nn1c(C)csc1=Nc1ccc(OC)cc1)CC. The lowest BCUT2D eigenvalue weighted by molar-refractivity contribution is 0.415. The molecule has 0 atom stereocenters. The Kier molecular flexibility index (Phi) is 5.95. The first kappa shape index (κ1) is 16.5. The zero-order valence-electron chi connectivity index (χ0n) is 13.6. The van der Waals surface area contributed by atoms with E-state index in [1.807, 2.05) is 42.1 Å². The normalized spacial score (nSPS) is 12.5. The third-order valence-electron chi connectivity index (χ3n) is 3.59. The second kappa shape index (κ2) is 7.94. The molecule has 4 nitrogen and oxygen atoms in total. The van der Waals surface area contributed by atoms with Gasteiger partial charge in [0.05, 0.1) is 18.5 Å². The number of thiazole rings is 1. The zero-order valence-corrected chi connectivity index (χ0v) is 14.4. The first-order valence-electron chi connectivity index (χ1n) is 7.58. The number of nitrogens with zero attached hydrogens (tertiary/aromatic N) is 3. The van der Waals surface area contributed by atoms with Crippen molar-refractivity contribution >= 4 is 23.2 Å². The van der Waals surface area contributed by atoms with E-state index in [0.29, 0.717) is 5.92 Å². The molecule has 2 rings (SSSR count). The maximum Gasteiger partial charge on any atom is 0.211 e. The van der Waals surface area contributed by atoms with E-state index in [1.165, 1.54) is 0 Å². The van der Waals surface area contributed by atoms with Crippen molar-refractivity contribution in [2.75, 3.05) is 7.11 Å². The standard InChI is InChI=1S/C17H23N3OS/c1-5-14(6-2)11-18-20-13(3)12-22-17(20)19-15-7-9-16(21-4)10-8-15/h7-12,14H,5-6H2,1-4H3. The van der Waals surface area contributed by atoms with Crippen LogP contribution in [0.3, 0.4) is 0 Å². The van der Waals surface area contributed by atoms with E-state index in [-0.39, 0.29) is 0 Å². The number of aryl methyl sites for hydroxylation is 1. The lowest BCUT2D eigenvalue weighted by Gasteiger charge is -2.05. The quantitative estimate of drug-likeness (QED) is 0.729. The van der Waals surface area contributed by atoms with Gasteiger partial charge in [0.2, 0.25) is 4.80 Å². The minimum absolute atomic E-state index is 0.514. The Morgan fingerprint density at radius 3 is 2.50 bits per heavy atom. The zero-order chi connectivity index (χ0) is 15.9. The Balaban J connectivity index is 2.33. The van der Waals surface area contributed by atoms with Gasteiger partial charge in [-0.05, 0) is 49.9 Å². The Bertz CT molecular complexity index is 679. The molecule has 0 aliphatic rings. The van der Waals surface area contributed by atoms with Gasteiger partial charge < -0.3 is 4.74 Å². The molecular weight excluding hydrogens is 294 g/mol. The molecule has 0 fully saturated rings. The van der Waals surface area contributed by atoms with Gasteiger partial charge in [0, 0.05) is 11.6 Å². The maximum absolute atomic E-state index is 5.17. The van der Waals surface area contributed by atoms with Crippen LogP contribution in [0.4, 0.5) is 5.69 Å². The van der Waals surface area contributed by atoms with Crippen LogP contribution in [0.15, 0.2) is 39.7 Å². The summed E-state index contributed by atoms with van der Waals surface area (Å²) < 4.78 is 7.08. The van der Waals surface area contributed by atoms with Crippen LogP contribution in [0.2, 0.25) is 0 Å². The monoisotopic (exact) mass is 317 g/mol. The molecule has 5 heteroatoms. The topological polar surface area (TPSA) is 38.9 Å². The number of methoxy groups -OCH3 is 1. The van der Waals surface area contributed by atoms with Gasteiger partial charge in [0.15, 0.2) is 0 Å². The van der Waals surface area contributed by atoms with Gasteiger partial charge >= 0.3 is 0 Å². The van der Waals surface area contributed by atoms with E-state index in [0.717, 1.165) is 34.8 Å². The third-order valence-corrected chi connectivity index (χ3v) is 4.52. The Morgan fingerprint density at radius 1 is 1.23 bits per heavy atom. The van der Waals surface area contributed by atoms with Crippen LogP contribution < -0.4 is 9.54 Å². The van der Waals surface area contributed by atoms with E-state index < -0.39 is 0 Å². The van der Waals surface area contributed by atoms with Crippen molar-refractivity contribution in [3.05, 3.63) is 40.1 Å². The average Bonchev–Trinajstić information content (AvgIpc) is 2.89. The van der Waals surface area contributed by atoms with Gasteiger partial charge in [0.25, 0.3) is 0 Å². The minimum atomic E-state index is 0.514. The van der Waals surface area contributed by atoms with E-state index in [9.17, 15) is 0 Å². The fourth-order valence-electron chi connectivity index (χ4n) is 2.03. The van der Waals surface area contributed by atoms with Crippen LogP contribution >= 0.6 is 11.3 Å². The summed E-state index contributed by atoms with van der Waals surface area (Å²) in [5.41, 5.74) is 1.99. The van der Waals surface area contributed by atoms with E-state index in [2.05, 4.69) is 29.3 Å². The van der Waals surface area contributed by atoms with Crippen LogP contribution in [-0.2, 0) is 0 Å². The van der Waals surface area contributed by atoms with Crippen LogP contribution in [0.25, 0.3) is 0 Å². The number of hydrogen-bond donors (Lipinski definition) is 0. The highest BCUT2D eigenvalue weighted by atomic mass is 32.1. The molecule has 0 aliphatic heterocycles. The molecule has 1 aromatic heterocycles. The van der Waals surface area contributed by atoms with E-state index in [4.69, 9.17) is 4.74 Å². The number of benzene rings is 1. The van der Waals surface area contributed by atoms with Gasteiger partial charge in [-0.1, -0.05) is 13.8 Å². The highest BCUT2D eigenvalue weighted by molar-refractivity contribution is 7.07. The highest BCUT2D eigenvalue weighted by Gasteiger charge is 2.02. The molecule has 0 amide bonds. The van der Waals surface area contributed by atoms with Gasteiger partial charge in [0.1, 0.15) is 5.75 Å². The Hall–Kier alpha value is -1.88. The lowest BCUT2D eigenvalue weighted by Crippen LogP contribution is -2.12. The predicted molar refractivity (Wildman–Crippen MR) is 93.2 cm³/mol.